The summed E-state index contributed by atoms with van der Waals surface area (Å²) in [7, 11) is 0. The number of hydrogen-bond acceptors (Lipinski definition) is 11. The van der Waals surface area contributed by atoms with E-state index in [9.17, 15) is 28.8 Å². The van der Waals surface area contributed by atoms with Gasteiger partial charge in [-0.25, -0.2) is 4.79 Å². The minimum absolute atomic E-state index is 0.0122. The zero-order chi connectivity index (χ0) is 37.8. The van der Waals surface area contributed by atoms with Crippen LogP contribution in [0.3, 0.4) is 0 Å². The van der Waals surface area contributed by atoms with Gasteiger partial charge in [0.2, 0.25) is 11.8 Å². The van der Waals surface area contributed by atoms with Crippen LogP contribution in [0.15, 0.2) is 36.0 Å². The molecule has 8 atom stereocenters. The number of epoxide rings is 1. The summed E-state index contributed by atoms with van der Waals surface area (Å²) in [6.45, 7) is 10.3. The molecular formula is C38H55N3O11. The number of nitrogens with zero attached hydrogens (tertiary/aromatic N) is 1. The highest BCUT2D eigenvalue weighted by atomic mass is 16.7. The smallest absolute Gasteiger partial charge is 0.333 e. The predicted octanol–water partition coefficient (Wildman–Crippen LogP) is 3.68. The first-order valence-corrected chi connectivity index (χ1v) is 18.5. The van der Waals surface area contributed by atoms with Crippen molar-refractivity contribution < 1.29 is 52.6 Å². The van der Waals surface area contributed by atoms with Crippen LogP contribution in [0.5, 0.6) is 0 Å². The molecule has 0 aromatic carbocycles. The van der Waals surface area contributed by atoms with E-state index in [2.05, 4.69) is 23.6 Å². The van der Waals surface area contributed by atoms with Crippen LogP contribution in [0.25, 0.3) is 0 Å². The lowest BCUT2D eigenvalue weighted by atomic mass is 9.88. The fourth-order valence-corrected chi connectivity index (χ4v) is 6.76. The van der Waals surface area contributed by atoms with Crippen LogP contribution < -0.4 is 10.6 Å². The molecule has 14 nitrogen and oxygen atoms in total. The quantitative estimate of drug-likeness (QED) is 0.0557. The number of ether oxygens (including phenoxy) is 4. The number of nitrogens with one attached hydrogen (secondary N) is 2. The van der Waals surface area contributed by atoms with Gasteiger partial charge in [0.15, 0.2) is 0 Å². The lowest BCUT2D eigenvalue weighted by Crippen LogP contribution is -2.50. The van der Waals surface area contributed by atoms with E-state index >= 15 is 0 Å². The predicted molar refractivity (Wildman–Crippen MR) is 188 cm³/mol. The van der Waals surface area contributed by atoms with Crippen molar-refractivity contribution in [2.75, 3.05) is 13.2 Å². The van der Waals surface area contributed by atoms with Gasteiger partial charge in [-0.05, 0) is 58.4 Å². The zero-order valence-electron chi connectivity index (χ0n) is 31.1. The van der Waals surface area contributed by atoms with Crippen LogP contribution in [0, 0.1) is 5.92 Å². The molecule has 2 N–H and O–H groups in total. The molecule has 4 saturated heterocycles. The highest BCUT2D eigenvalue weighted by molar-refractivity contribution is 6.01. The summed E-state index contributed by atoms with van der Waals surface area (Å²) in [6, 6.07) is -0.125. The van der Waals surface area contributed by atoms with Crippen LogP contribution in [-0.2, 0) is 52.6 Å². The van der Waals surface area contributed by atoms with E-state index in [1.165, 1.54) is 13.0 Å². The Kier molecular flexibility index (Phi) is 15.2. The van der Waals surface area contributed by atoms with Crippen molar-refractivity contribution >= 4 is 35.6 Å². The van der Waals surface area contributed by atoms with E-state index in [0.29, 0.717) is 43.9 Å². The molecule has 0 saturated carbocycles. The second kappa shape index (κ2) is 19.3. The first-order chi connectivity index (χ1) is 24.7. The number of hydroxylamine groups is 2. The topological polar surface area (TPSA) is 179 Å². The zero-order valence-corrected chi connectivity index (χ0v) is 31.1. The van der Waals surface area contributed by atoms with Gasteiger partial charge in [0.05, 0.1) is 49.1 Å². The van der Waals surface area contributed by atoms with Gasteiger partial charge in [-0.2, -0.15) is 0 Å². The monoisotopic (exact) mass is 729 g/mol. The molecule has 0 bridgehead atoms. The first kappa shape index (κ1) is 40.9. The molecule has 4 rings (SSSR count). The van der Waals surface area contributed by atoms with E-state index < -0.39 is 29.9 Å². The van der Waals surface area contributed by atoms with Crippen molar-refractivity contribution in [3.63, 3.8) is 0 Å². The van der Waals surface area contributed by atoms with E-state index in [-0.39, 0.29) is 79.5 Å². The third kappa shape index (κ3) is 13.3. The average Bonchev–Trinajstić information content (AvgIpc) is 3.74. The van der Waals surface area contributed by atoms with Crippen LogP contribution >= 0.6 is 0 Å². The summed E-state index contributed by atoms with van der Waals surface area (Å²) in [6.07, 6.45) is 13.3. The molecule has 4 amide bonds. The van der Waals surface area contributed by atoms with Gasteiger partial charge in [0.25, 0.3) is 11.8 Å². The number of imide groups is 1. The van der Waals surface area contributed by atoms with Crippen molar-refractivity contribution in [3.8, 4) is 0 Å². The molecule has 4 aliphatic heterocycles. The van der Waals surface area contributed by atoms with Gasteiger partial charge in [-0.3, -0.25) is 24.0 Å². The number of allylic oxidation sites excluding steroid dienone is 2. The molecule has 0 aromatic rings. The highest BCUT2D eigenvalue weighted by Crippen LogP contribution is 2.43. The Balaban J connectivity index is 1.13. The maximum absolute atomic E-state index is 12.7. The molecule has 4 fully saturated rings. The fourth-order valence-electron chi connectivity index (χ4n) is 6.76. The second-order valence-corrected chi connectivity index (χ2v) is 14.5. The molecule has 14 heteroatoms. The van der Waals surface area contributed by atoms with E-state index in [4.69, 9.17) is 23.8 Å². The molecule has 52 heavy (non-hydrogen) atoms. The number of esters is 1. The van der Waals surface area contributed by atoms with Gasteiger partial charge >= 0.3 is 11.9 Å². The average molecular weight is 730 g/mol. The Morgan fingerprint density at radius 3 is 2.44 bits per heavy atom. The van der Waals surface area contributed by atoms with E-state index in [1.54, 1.807) is 13.0 Å². The Labute approximate surface area is 306 Å². The van der Waals surface area contributed by atoms with Gasteiger partial charge in [0, 0.05) is 51.6 Å². The Morgan fingerprint density at radius 1 is 1.02 bits per heavy atom. The normalized spacial score (nSPS) is 29.8. The number of unbranched alkanes of at least 4 members (excludes halogenated alkanes) is 2. The lowest BCUT2D eigenvalue weighted by Gasteiger charge is -2.39. The third-order valence-electron chi connectivity index (χ3n) is 9.74. The molecule has 0 radical (unpaired) electrons. The lowest BCUT2D eigenvalue weighted by molar-refractivity contribution is -0.197. The van der Waals surface area contributed by atoms with Crippen molar-refractivity contribution in [2.45, 2.75) is 147 Å². The van der Waals surface area contributed by atoms with Crippen molar-refractivity contribution in [1.29, 1.82) is 0 Å². The van der Waals surface area contributed by atoms with Crippen molar-refractivity contribution in [1.82, 2.24) is 15.7 Å². The summed E-state index contributed by atoms with van der Waals surface area (Å²) >= 11 is 0. The number of carbonyl (C=O) groups is 6. The molecular weight excluding hydrogens is 674 g/mol. The Bertz CT molecular complexity index is 1390. The highest BCUT2D eigenvalue weighted by Gasteiger charge is 2.51. The van der Waals surface area contributed by atoms with Crippen molar-refractivity contribution in [3.05, 3.63) is 36.0 Å². The SMILES string of the molecule is CC(=O)OC(C)C=CC(=O)N[C@@H]1C[C@H](C)[C@H](C/C=C(C)/C=C/[C@@H]2C[C@]3(CO3)C[C@@H](CC(=O)NCCCCCC(=O)ON3C(=O)CCC3=O)O2)O[C@@H]1C. The molecule has 1 spiro atoms. The number of rotatable bonds is 17. The maximum atomic E-state index is 12.7. The standard InChI is InChI=1S/C38H55N3O11/c1-24(11-14-32-25(2)19-31(27(4)50-32)40-33(43)15-12-26(3)49-28(5)42)10-13-29-21-38(23-48-38)22-30(51-29)20-34(44)39-18-8-6-7-9-37(47)52-41-35(45)16-17-36(41)46/h10-13,15,25-27,29-32H,6-9,14,16-23H2,1-5H3,(H,39,44)(H,40,43)/b13-10+,15-12?,24-11+/t25-,26?,27+,29+,30+,31+,32-,38+/m0/s1. The van der Waals surface area contributed by atoms with E-state index in [0.717, 1.165) is 24.8 Å². The van der Waals surface area contributed by atoms with Gasteiger partial charge in [-0.15, -0.1) is 5.06 Å². The summed E-state index contributed by atoms with van der Waals surface area (Å²) in [4.78, 5) is 76.1. The molecule has 4 heterocycles. The van der Waals surface area contributed by atoms with Crippen LogP contribution in [0.2, 0.25) is 0 Å². The Hall–Kier alpha value is -3.88. The number of hydrogen-bond donors (Lipinski definition) is 2. The number of carbonyl (C=O) groups excluding carboxylic acids is 6. The molecule has 0 aliphatic carbocycles. The third-order valence-corrected chi connectivity index (χ3v) is 9.74. The summed E-state index contributed by atoms with van der Waals surface area (Å²) in [5.41, 5.74) is 0.838. The molecule has 288 valence electrons. The first-order valence-electron chi connectivity index (χ1n) is 18.5. The van der Waals surface area contributed by atoms with Crippen LogP contribution in [-0.4, -0.2) is 95.9 Å². The number of amides is 4. The molecule has 4 aliphatic rings. The van der Waals surface area contributed by atoms with Gasteiger partial charge in [-0.1, -0.05) is 37.1 Å². The van der Waals surface area contributed by atoms with Crippen molar-refractivity contribution in [2.24, 2.45) is 5.92 Å². The van der Waals surface area contributed by atoms with Gasteiger partial charge < -0.3 is 34.4 Å². The molecule has 1 unspecified atom stereocenters. The van der Waals surface area contributed by atoms with Crippen LogP contribution in [0.1, 0.15) is 105 Å². The minimum Gasteiger partial charge on any atom is -0.459 e. The second-order valence-electron chi connectivity index (χ2n) is 14.5. The Morgan fingerprint density at radius 2 is 1.75 bits per heavy atom. The summed E-state index contributed by atoms with van der Waals surface area (Å²) in [5.74, 6) is -2.14. The maximum Gasteiger partial charge on any atom is 0.333 e. The van der Waals surface area contributed by atoms with Crippen LogP contribution in [0.4, 0.5) is 0 Å². The van der Waals surface area contributed by atoms with E-state index in [1.807, 2.05) is 26.0 Å². The fraction of sp³-hybridized carbons (Fsp3) is 0.684. The summed E-state index contributed by atoms with van der Waals surface area (Å²) < 4.78 is 23.4. The molecule has 0 aromatic heterocycles. The largest absolute Gasteiger partial charge is 0.459 e. The summed E-state index contributed by atoms with van der Waals surface area (Å²) in [5, 5.41) is 6.50. The minimum atomic E-state index is -0.618. The van der Waals surface area contributed by atoms with Gasteiger partial charge in [0.1, 0.15) is 6.10 Å².